The van der Waals surface area contributed by atoms with Gasteiger partial charge in [0.1, 0.15) is 0 Å². The van der Waals surface area contributed by atoms with Crippen molar-refractivity contribution in [3.05, 3.63) is 0 Å². The molecule has 0 aliphatic carbocycles. The van der Waals surface area contributed by atoms with Gasteiger partial charge in [-0.25, -0.2) is 0 Å². The molecule has 2 atom stereocenters. The Balaban J connectivity index is 2.61. The Labute approximate surface area is 417 Å². The van der Waals surface area contributed by atoms with Gasteiger partial charge in [-0.1, -0.05) is 214 Å². The van der Waals surface area contributed by atoms with Crippen LogP contribution in [0, 0.1) is 11.8 Å². The van der Waals surface area contributed by atoms with Crippen molar-refractivity contribution in [2.75, 3.05) is 39.4 Å². The highest BCUT2D eigenvalue weighted by atomic mass is 16.5. The van der Waals surface area contributed by atoms with Crippen molar-refractivity contribution in [1.82, 2.24) is 9.80 Å². The quantitative estimate of drug-likeness (QED) is 0.0447. The van der Waals surface area contributed by atoms with Gasteiger partial charge in [-0.15, -0.1) is 0 Å². The predicted molar refractivity (Wildman–Crippen MR) is 288 cm³/mol. The second-order valence-electron chi connectivity index (χ2n) is 21.4. The number of unbranched alkanes of at least 4 members (excludes halogenated alkanes) is 24. The number of carbonyl (C=O) groups excluding carboxylic acids is 3. The van der Waals surface area contributed by atoms with Crippen LogP contribution in [0.4, 0.5) is 0 Å². The van der Waals surface area contributed by atoms with Crippen molar-refractivity contribution in [3.63, 3.8) is 0 Å². The maximum atomic E-state index is 14.0. The Bertz CT molecular complexity index is 1080. The Morgan fingerprint density at radius 1 is 0.403 bits per heavy atom. The first kappa shape index (κ1) is 63.4. The van der Waals surface area contributed by atoms with Gasteiger partial charge in [-0.05, 0) is 109 Å². The first-order chi connectivity index (χ1) is 32.9. The molecule has 0 N–H and O–H groups in total. The van der Waals surface area contributed by atoms with Crippen LogP contribution in [0.25, 0.3) is 0 Å². The molecule has 2 unspecified atom stereocenters. The number of hydrogen-bond donors (Lipinski definition) is 0. The molecular formula is C60H116N2O5. The molecule has 1 heterocycles. The summed E-state index contributed by atoms with van der Waals surface area (Å²) in [6.07, 6.45) is 49.8. The molecule has 0 radical (unpaired) electrons. The van der Waals surface area contributed by atoms with Gasteiger partial charge in [-0.2, -0.15) is 0 Å². The zero-order valence-corrected chi connectivity index (χ0v) is 45.8. The van der Waals surface area contributed by atoms with E-state index in [4.69, 9.17) is 9.47 Å². The molecule has 0 bridgehead atoms. The van der Waals surface area contributed by atoms with Gasteiger partial charge >= 0.3 is 11.9 Å². The average Bonchev–Trinajstić information content (AvgIpc) is 3.86. The zero-order chi connectivity index (χ0) is 48.7. The highest BCUT2D eigenvalue weighted by Crippen LogP contribution is 2.24. The van der Waals surface area contributed by atoms with Crippen LogP contribution in [0.15, 0.2) is 0 Å². The first-order valence-electron chi connectivity index (χ1n) is 30.2. The van der Waals surface area contributed by atoms with E-state index < -0.39 is 0 Å². The predicted octanol–water partition coefficient (Wildman–Crippen LogP) is 17.7. The molecule has 7 heteroatoms. The molecule has 67 heavy (non-hydrogen) atoms. The Morgan fingerprint density at radius 3 is 1.18 bits per heavy atom. The smallest absolute Gasteiger partial charge is 0.305 e. The van der Waals surface area contributed by atoms with Crippen LogP contribution in [0.2, 0.25) is 0 Å². The number of amides is 1. The fraction of sp³-hybridized carbons (Fsp3) is 0.950. The lowest BCUT2D eigenvalue weighted by atomic mass is 9.95. The topological polar surface area (TPSA) is 76.2 Å². The van der Waals surface area contributed by atoms with Crippen LogP contribution >= 0.6 is 0 Å². The Hall–Kier alpha value is -1.63. The molecule has 396 valence electrons. The fourth-order valence-corrected chi connectivity index (χ4v) is 10.4. The standard InChI is InChI=1S/C60H116N2O5/c1-6-11-16-24-34-46-58(63)62(52-39-51-61-49-37-38-50-61)57(44-32-25-20-22-27-35-47-59(64)66-53-55(40-15-10-5)41-29-17-12-7-2)45-33-26-21-23-28-36-48-60(65)67-54-56(42-30-18-13-8-3)43-31-19-14-9-4/h55-57H,6-54H2,1-5H3. The molecule has 1 rings (SSSR count). The molecule has 1 aliphatic heterocycles. The first-order valence-corrected chi connectivity index (χ1v) is 30.2. The van der Waals surface area contributed by atoms with E-state index in [0.29, 0.717) is 56.3 Å². The minimum absolute atomic E-state index is 0.00194. The van der Waals surface area contributed by atoms with Gasteiger partial charge in [0.2, 0.25) is 5.91 Å². The maximum absolute atomic E-state index is 14.0. The summed E-state index contributed by atoms with van der Waals surface area (Å²) in [5.41, 5.74) is 0. The van der Waals surface area contributed by atoms with Crippen LogP contribution in [0.5, 0.6) is 0 Å². The van der Waals surface area contributed by atoms with E-state index in [9.17, 15) is 14.4 Å². The summed E-state index contributed by atoms with van der Waals surface area (Å²) >= 11 is 0. The van der Waals surface area contributed by atoms with E-state index in [1.54, 1.807) is 0 Å². The molecule has 1 amide bonds. The summed E-state index contributed by atoms with van der Waals surface area (Å²) < 4.78 is 11.6. The second kappa shape index (κ2) is 48.0. The monoisotopic (exact) mass is 945 g/mol. The molecule has 1 fully saturated rings. The Morgan fingerprint density at radius 2 is 0.746 bits per heavy atom. The fourth-order valence-electron chi connectivity index (χ4n) is 10.4. The minimum Gasteiger partial charge on any atom is -0.465 e. The number of likely N-dealkylation sites (tertiary alicyclic amines) is 1. The molecule has 0 aromatic carbocycles. The second-order valence-corrected chi connectivity index (χ2v) is 21.4. The van der Waals surface area contributed by atoms with Crippen molar-refractivity contribution in [2.24, 2.45) is 11.8 Å². The van der Waals surface area contributed by atoms with E-state index in [2.05, 4.69) is 44.4 Å². The molecule has 0 saturated carbocycles. The van der Waals surface area contributed by atoms with E-state index in [-0.39, 0.29) is 11.9 Å². The molecule has 0 spiro atoms. The number of rotatable bonds is 51. The number of nitrogens with zero attached hydrogens (tertiary/aromatic N) is 2. The minimum atomic E-state index is -0.00194. The summed E-state index contributed by atoms with van der Waals surface area (Å²) in [6.45, 7) is 17.0. The molecular weight excluding hydrogens is 829 g/mol. The van der Waals surface area contributed by atoms with E-state index >= 15 is 0 Å². The van der Waals surface area contributed by atoms with Gasteiger partial charge in [-0.3, -0.25) is 14.4 Å². The highest BCUT2D eigenvalue weighted by molar-refractivity contribution is 5.76. The largest absolute Gasteiger partial charge is 0.465 e. The van der Waals surface area contributed by atoms with Gasteiger partial charge < -0.3 is 19.3 Å². The van der Waals surface area contributed by atoms with Crippen LogP contribution in [0.1, 0.15) is 311 Å². The summed E-state index contributed by atoms with van der Waals surface area (Å²) in [7, 11) is 0. The summed E-state index contributed by atoms with van der Waals surface area (Å²) in [5.74, 6) is 1.45. The van der Waals surface area contributed by atoms with Crippen molar-refractivity contribution in [3.8, 4) is 0 Å². The van der Waals surface area contributed by atoms with E-state index in [1.165, 1.54) is 219 Å². The molecule has 1 saturated heterocycles. The third-order valence-electron chi connectivity index (χ3n) is 15.0. The number of carbonyl (C=O) groups is 3. The molecule has 1 aliphatic rings. The lowest BCUT2D eigenvalue weighted by Crippen LogP contribution is -2.42. The van der Waals surface area contributed by atoms with Crippen LogP contribution in [-0.2, 0) is 23.9 Å². The van der Waals surface area contributed by atoms with Gasteiger partial charge in [0.25, 0.3) is 0 Å². The third-order valence-corrected chi connectivity index (χ3v) is 15.0. The van der Waals surface area contributed by atoms with Crippen molar-refractivity contribution >= 4 is 17.8 Å². The van der Waals surface area contributed by atoms with E-state index in [1.807, 2.05) is 0 Å². The summed E-state index contributed by atoms with van der Waals surface area (Å²) in [4.78, 5) is 44.3. The van der Waals surface area contributed by atoms with Crippen LogP contribution < -0.4 is 0 Å². The van der Waals surface area contributed by atoms with Crippen LogP contribution in [-0.4, -0.2) is 73.1 Å². The van der Waals surface area contributed by atoms with Crippen molar-refractivity contribution < 1.29 is 23.9 Å². The number of hydrogen-bond acceptors (Lipinski definition) is 6. The molecule has 7 nitrogen and oxygen atoms in total. The van der Waals surface area contributed by atoms with Gasteiger partial charge in [0, 0.05) is 31.8 Å². The SMILES string of the molecule is CCCCCCCC(=O)N(CCCN1CCCC1)C(CCCCCCCCC(=O)OCC(CCCC)CCCCCC)CCCCCCCCC(=O)OCC(CCCCCC)CCCCCC. The normalized spacial score (nSPS) is 13.9. The summed E-state index contributed by atoms with van der Waals surface area (Å²) in [5, 5.41) is 0. The van der Waals surface area contributed by atoms with E-state index in [0.717, 1.165) is 64.5 Å². The number of esters is 2. The maximum Gasteiger partial charge on any atom is 0.305 e. The lowest BCUT2D eigenvalue weighted by molar-refractivity contribution is -0.146. The molecule has 0 aromatic rings. The van der Waals surface area contributed by atoms with Gasteiger partial charge in [0.15, 0.2) is 0 Å². The average molecular weight is 946 g/mol. The Kier molecular flexibility index (Phi) is 45.4. The van der Waals surface area contributed by atoms with Crippen LogP contribution in [0.3, 0.4) is 0 Å². The van der Waals surface area contributed by atoms with Crippen molar-refractivity contribution in [1.29, 1.82) is 0 Å². The highest BCUT2D eigenvalue weighted by Gasteiger charge is 2.24. The molecule has 0 aromatic heterocycles. The summed E-state index contributed by atoms with van der Waals surface area (Å²) in [6, 6.07) is 0.334. The van der Waals surface area contributed by atoms with Crippen molar-refractivity contribution in [2.45, 2.75) is 317 Å². The third kappa shape index (κ3) is 38.8. The van der Waals surface area contributed by atoms with Gasteiger partial charge in [0.05, 0.1) is 13.2 Å². The number of ether oxygens (including phenoxy) is 2. The lowest BCUT2D eigenvalue weighted by Gasteiger charge is -2.33. The zero-order valence-electron chi connectivity index (χ0n) is 45.8.